The predicted octanol–water partition coefficient (Wildman–Crippen LogP) is 4.11. The van der Waals surface area contributed by atoms with Crippen LogP contribution >= 0.6 is 11.8 Å². The number of rotatable bonds is 7. The molecule has 0 saturated heterocycles. The quantitative estimate of drug-likeness (QED) is 0.410. The fraction of sp³-hybridized carbons (Fsp3) is 0.579. The van der Waals surface area contributed by atoms with Crippen molar-refractivity contribution in [2.75, 3.05) is 5.75 Å². The minimum atomic E-state index is -1.27. The third-order valence-electron chi connectivity index (χ3n) is 4.48. The van der Waals surface area contributed by atoms with Gasteiger partial charge in [0.25, 0.3) is 0 Å². The van der Waals surface area contributed by atoms with E-state index >= 15 is 0 Å². The maximum atomic E-state index is 12.5. The summed E-state index contributed by atoms with van der Waals surface area (Å²) in [6, 6.07) is 0. The normalized spacial score (nSPS) is 24.8. The zero-order valence-corrected chi connectivity index (χ0v) is 16.0. The number of carboxylic acid groups (broad SMARTS) is 1. The van der Waals surface area contributed by atoms with E-state index in [-0.39, 0.29) is 12.2 Å². The molecule has 24 heavy (non-hydrogen) atoms. The first-order valence-electron chi connectivity index (χ1n) is 8.25. The molecule has 4 nitrogen and oxygen atoms in total. The van der Waals surface area contributed by atoms with Gasteiger partial charge in [0.2, 0.25) is 0 Å². The summed E-state index contributed by atoms with van der Waals surface area (Å²) in [5.41, 5.74) is -0.729. The van der Waals surface area contributed by atoms with Crippen LogP contribution in [-0.2, 0) is 9.59 Å². The van der Waals surface area contributed by atoms with E-state index in [1.165, 1.54) is 11.8 Å². The molecule has 1 rings (SSSR count). The molecule has 1 aliphatic rings. The number of carboxylic acids is 1. The highest BCUT2D eigenvalue weighted by Crippen LogP contribution is 2.48. The first-order chi connectivity index (χ1) is 11.0. The van der Waals surface area contributed by atoms with Gasteiger partial charge in [-0.15, -0.1) is 11.8 Å². The summed E-state index contributed by atoms with van der Waals surface area (Å²) in [5, 5.41) is 20.1. The number of thioether (sulfide) groups is 1. The number of carbonyl (C=O) groups excluding carboxylic acids is 1. The average molecular weight is 352 g/mol. The monoisotopic (exact) mass is 352 g/mol. The van der Waals surface area contributed by atoms with Gasteiger partial charge in [-0.3, -0.25) is 4.79 Å². The van der Waals surface area contributed by atoms with Gasteiger partial charge in [-0.25, -0.2) is 4.79 Å². The number of aliphatic hydroxyl groups is 1. The Bertz CT molecular complexity index is 598. The van der Waals surface area contributed by atoms with Crippen molar-refractivity contribution in [2.24, 2.45) is 5.41 Å². The summed E-state index contributed by atoms with van der Waals surface area (Å²) in [6.45, 7) is 9.30. The Morgan fingerprint density at radius 2 is 2.00 bits per heavy atom. The third-order valence-corrected chi connectivity index (χ3v) is 5.80. The molecule has 0 aromatic heterocycles. The highest BCUT2D eigenvalue weighted by atomic mass is 32.2. The van der Waals surface area contributed by atoms with Crippen LogP contribution in [0, 0.1) is 5.41 Å². The van der Waals surface area contributed by atoms with Gasteiger partial charge in [-0.2, -0.15) is 0 Å². The molecule has 1 atom stereocenters. The second-order valence-electron chi connectivity index (χ2n) is 6.97. The molecule has 2 N–H and O–H groups in total. The average Bonchev–Trinajstić information content (AvgIpc) is 2.46. The van der Waals surface area contributed by atoms with Crippen LogP contribution in [-0.4, -0.2) is 33.3 Å². The Balaban J connectivity index is 3.25. The Kier molecular flexibility index (Phi) is 7.05. The Morgan fingerprint density at radius 3 is 2.54 bits per heavy atom. The molecule has 5 heteroatoms. The standard InChI is InChI=1S/C19H28O4S/c1-6-7-10-24-17-14(3)19(23,18(4,5)12-15(17)20)9-8-13(2)11-16(21)22/h8-9,11,23H,6-7,10,12H2,1-5H3,(H,21,22)/b9-8+,13-11-/t19-/m1/s1. The summed E-state index contributed by atoms with van der Waals surface area (Å²) in [4.78, 5) is 23.9. The highest BCUT2D eigenvalue weighted by Gasteiger charge is 2.49. The van der Waals surface area contributed by atoms with Crippen molar-refractivity contribution in [1.82, 2.24) is 0 Å². The van der Waals surface area contributed by atoms with Gasteiger partial charge < -0.3 is 10.2 Å². The van der Waals surface area contributed by atoms with Crippen LogP contribution in [0.5, 0.6) is 0 Å². The lowest BCUT2D eigenvalue weighted by atomic mass is 9.64. The number of ketones is 1. The van der Waals surface area contributed by atoms with Gasteiger partial charge in [0.05, 0.1) is 4.91 Å². The van der Waals surface area contributed by atoms with Crippen molar-refractivity contribution in [3.8, 4) is 0 Å². The molecule has 0 amide bonds. The molecule has 0 saturated carbocycles. The number of hydrogen-bond donors (Lipinski definition) is 2. The van der Waals surface area contributed by atoms with Gasteiger partial charge in [0, 0.05) is 17.9 Å². The molecule has 0 spiro atoms. The minimum Gasteiger partial charge on any atom is -0.478 e. The second-order valence-corrected chi connectivity index (χ2v) is 8.07. The molecule has 0 unspecified atom stereocenters. The summed E-state index contributed by atoms with van der Waals surface area (Å²) in [6.07, 6.45) is 6.68. The maximum absolute atomic E-state index is 12.5. The zero-order valence-electron chi connectivity index (χ0n) is 15.2. The van der Waals surface area contributed by atoms with Gasteiger partial charge in [0.15, 0.2) is 5.78 Å². The Hall–Kier alpha value is -1.33. The molecule has 0 aliphatic heterocycles. The van der Waals surface area contributed by atoms with Crippen LogP contribution in [0.3, 0.4) is 0 Å². The number of allylic oxidation sites excluding steroid dienone is 3. The minimum absolute atomic E-state index is 0.0782. The predicted molar refractivity (Wildman–Crippen MR) is 99.0 cm³/mol. The molecule has 0 radical (unpaired) electrons. The summed E-state index contributed by atoms with van der Waals surface area (Å²) >= 11 is 1.51. The largest absolute Gasteiger partial charge is 0.478 e. The fourth-order valence-electron chi connectivity index (χ4n) is 2.86. The lowest BCUT2D eigenvalue weighted by Crippen LogP contribution is -2.49. The lowest BCUT2D eigenvalue weighted by molar-refractivity contribution is -0.131. The van der Waals surface area contributed by atoms with Crippen LogP contribution in [0.4, 0.5) is 0 Å². The van der Waals surface area contributed by atoms with Gasteiger partial charge in [0.1, 0.15) is 5.60 Å². The summed E-state index contributed by atoms with van der Waals surface area (Å²) in [7, 11) is 0. The van der Waals surface area contributed by atoms with Crippen LogP contribution in [0.2, 0.25) is 0 Å². The van der Waals surface area contributed by atoms with Crippen LogP contribution < -0.4 is 0 Å². The van der Waals surface area contributed by atoms with Gasteiger partial charge in [-0.05, 0) is 43.2 Å². The molecule has 0 bridgehead atoms. The van der Waals surface area contributed by atoms with Gasteiger partial charge >= 0.3 is 5.97 Å². The number of unbranched alkanes of at least 4 members (excludes halogenated alkanes) is 1. The van der Waals surface area contributed by atoms with E-state index in [1.807, 2.05) is 13.8 Å². The first-order valence-corrected chi connectivity index (χ1v) is 9.24. The van der Waals surface area contributed by atoms with E-state index in [1.54, 1.807) is 26.0 Å². The molecule has 0 fully saturated rings. The smallest absolute Gasteiger partial charge is 0.328 e. The molecule has 0 aromatic carbocycles. The maximum Gasteiger partial charge on any atom is 0.328 e. The van der Waals surface area contributed by atoms with E-state index < -0.39 is 17.0 Å². The summed E-state index contributed by atoms with van der Waals surface area (Å²) < 4.78 is 0. The van der Waals surface area contributed by atoms with Crippen LogP contribution in [0.1, 0.15) is 53.9 Å². The molecular formula is C19H28O4S. The van der Waals surface area contributed by atoms with E-state index in [2.05, 4.69) is 6.92 Å². The topological polar surface area (TPSA) is 74.6 Å². The van der Waals surface area contributed by atoms with Crippen molar-refractivity contribution in [3.63, 3.8) is 0 Å². The number of carbonyl (C=O) groups is 2. The van der Waals surface area contributed by atoms with Crippen molar-refractivity contribution >= 4 is 23.5 Å². The Morgan fingerprint density at radius 1 is 1.38 bits per heavy atom. The molecule has 0 aromatic rings. The number of Topliss-reactive ketones (excluding diaryl/α,β-unsaturated/α-hetero) is 1. The molecule has 0 heterocycles. The van der Waals surface area contributed by atoms with E-state index in [0.29, 0.717) is 16.1 Å². The Labute approximate surface area is 148 Å². The zero-order chi connectivity index (χ0) is 18.5. The van der Waals surface area contributed by atoms with Crippen LogP contribution in [0.25, 0.3) is 0 Å². The highest BCUT2D eigenvalue weighted by molar-refractivity contribution is 8.04. The van der Waals surface area contributed by atoms with Crippen molar-refractivity contribution in [2.45, 2.75) is 59.5 Å². The van der Waals surface area contributed by atoms with Crippen molar-refractivity contribution in [1.29, 1.82) is 0 Å². The van der Waals surface area contributed by atoms with E-state index in [4.69, 9.17) is 5.11 Å². The molecule has 134 valence electrons. The third kappa shape index (κ3) is 4.61. The molecule has 1 aliphatic carbocycles. The number of aliphatic carboxylic acids is 1. The lowest BCUT2D eigenvalue weighted by Gasteiger charge is -2.45. The van der Waals surface area contributed by atoms with Gasteiger partial charge in [-0.1, -0.05) is 33.3 Å². The first kappa shape index (κ1) is 20.7. The fourth-order valence-corrected chi connectivity index (χ4v) is 4.10. The van der Waals surface area contributed by atoms with Crippen molar-refractivity contribution in [3.05, 3.63) is 34.3 Å². The number of hydrogen-bond acceptors (Lipinski definition) is 4. The second kappa shape index (κ2) is 8.17. The van der Waals surface area contributed by atoms with Crippen molar-refractivity contribution < 1.29 is 19.8 Å². The SMILES string of the molecule is CCCCSC1=C(C)[C@](O)(/C=C/C(C)=C\C(=O)O)C(C)(C)CC1=O. The van der Waals surface area contributed by atoms with Crippen LogP contribution in [0.15, 0.2) is 34.3 Å². The molecular weight excluding hydrogens is 324 g/mol. The summed E-state index contributed by atoms with van der Waals surface area (Å²) in [5.74, 6) is -0.0904. The van der Waals surface area contributed by atoms with E-state index in [0.717, 1.165) is 24.7 Å². The van der Waals surface area contributed by atoms with E-state index in [9.17, 15) is 14.7 Å².